The third-order valence-electron chi connectivity index (χ3n) is 20.5. The summed E-state index contributed by atoms with van der Waals surface area (Å²) >= 11 is 0. The maximum absolute atomic E-state index is 5.86. The van der Waals surface area contributed by atoms with Gasteiger partial charge in [0.15, 0.2) is 0 Å². The molecular weight excluding hydrogens is 2100 g/mol. The van der Waals surface area contributed by atoms with Crippen molar-refractivity contribution in [2.45, 2.75) is 118 Å². The van der Waals surface area contributed by atoms with Gasteiger partial charge in [0.25, 0.3) is 0 Å². The minimum absolute atomic E-state index is 0. The van der Waals surface area contributed by atoms with Crippen LogP contribution in [0.25, 0.3) is 133 Å². The average Bonchev–Trinajstić information content (AvgIpc) is 1.63. The Balaban J connectivity index is 0.000000152. The summed E-state index contributed by atoms with van der Waals surface area (Å²) in [5, 5.41) is 15.1. The van der Waals surface area contributed by atoms with Crippen LogP contribution in [0.15, 0.2) is 305 Å². The first kappa shape index (κ1) is 92.8. The van der Waals surface area contributed by atoms with E-state index in [2.05, 4.69) is 299 Å². The number of rotatable bonds is 12. The van der Waals surface area contributed by atoms with Crippen LogP contribution in [0.1, 0.15) is 0 Å². The summed E-state index contributed by atoms with van der Waals surface area (Å²) in [6.45, 7) is 42.1. The van der Waals surface area contributed by atoms with Crippen molar-refractivity contribution in [1.29, 1.82) is 0 Å². The van der Waals surface area contributed by atoms with Crippen LogP contribution < -0.4 is 31.1 Å². The molecule has 0 amide bonds. The van der Waals surface area contributed by atoms with Gasteiger partial charge in [0, 0.05) is 114 Å². The number of fused-ring (bicyclic) bond motifs is 9. The van der Waals surface area contributed by atoms with E-state index in [0.29, 0.717) is 0 Å². The van der Waals surface area contributed by atoms with E-state index in [1.165, 1.54) is 31.1 Å². The van der Waals surface area contributed by atoms with Gasteiger partial charge in [-0.2, -0.15) is 0 Å². The van der Waals surface area contributed by atoms with Crippen molar-refractivity contribution in [1.82, 2.24) is 29.9 Å². The predicted octanol–water partition coefficient (Wildman–Crippen LogP) is 24.3. The molecule has 9 aromatic carbocycles. The molecule has 0 aliphatic rings. The van der Waals surface area contributed by atoms with E-state index in [9.17, 15) is 0 Å². The molecule has 9 heterocycles. The summed E-state index contributed by atoms with van der Waals surface area (Å²) in [5.74, 6) is 0. The van der Waals surface area contributed by atoms with Crippen LogP contribution in [0.3, 0.4) is 0 Å². The zero-order chi connectivity index (χ0) is 82.9. The molecule has 0 saturated carbocycles. The van der Waals surface area contributed by atoms with Crippen LogP contribution >= 0.6 is 0 Å². The fourth-order valence-corrected chi connectivity index (χ4v) is 20.1. The van der Waals surface area contributed by atoms with Gasteiger partial charge in [0.05, 0.1) is 65.2 Å². The smallest absolute Gasteiger partial charge is 0.120 e. The molecule has 615 valence electrons. The number of para-hydroxylation sites is 3. The quantitative estimate of drug-likeness (QED) is 0.0871. The second-order valence-corrected chi connectivity index (χ2v) is 66.0. The van der Waals surface area contributed by atoms with Crippen molar-refractivity contribution < 1.29 is 73.6 Å². The third kappa shape index (κ3) is 23.4. The number of hydrogen-bond donors (Lipinski definition) is 0. The number of benzene rings is 9. The molecule has 0 fully saturated rings. The van der Waals surface area contributed by atoms with Gasteiger partial charge in [0.2, 0.25) is 0 Å². The molecule has 9 nitrogen and oxygen atoms in total. The maximum Gasteiger partial charge on any atom is 0.120 e. The Labute approximate surface area is 755 Å². The minimum atomic E-state index is -1.34. The van der Waals surface area contributed by atoms with Crippen LogP contribution in [-0.4, -0.2) is 78.3 Å². The molecule has 0 unspecified atom stereocenters. The van der Waals surface area contributed by atoms with Gasteiger partial charge >= 0.3 is 0 Å². The fraction of sp³-hybridized carbons (Fsp3) is 0.176. The first-order valence-corrected chi connectivity index (χ1v) is 61.0. The van der Waals surface area contributed by atoms with Crippen molar-refractivity contribution in [3.8, 4) is 67.5 Å². The van der Waals surface area contributed by atoms with E-state index < -0.39 is 48.4 Å². The zero-order valence-corrected chi connectivity index (χ0v) is 84.8. The molecule has 0 saturated heterocycles. The van der Waals surface area contributed by atoms with Crippen molar-refractivity contribution in [3.05, 3.63) is 328 Å². The van der Waals surface area contributed by atoms with Gasteiger partial charge in [-0.1, -0.05) is 260 Å². The van der Waals surface area contributed by atoms with Gasteiger partial charge in [-0.05, 0) is 85.2 Å². The summed E-state index contributed by atoms with van der Waals surface area (Å²) < 4.78 is 17.6. The van der Waals surface area contributed by atoms with Crippen molar-refractivity contribution in [3.63, 3.8) is 0 Å². The maximum atomic E-state index is 5.86. The Morgan fingerprint density at radius 2 is 0.542 bits per heavy atom. The Bertz CT molecular complexity index is 5980. The van der Waals surface area contributed by atoms with Gasteiger partial charge < -0.3 is 43.2 Å². The molecule has 0 aliphatic carbocycles. The molecule has 0 aliphatic heterocycles. The Hall–Kier alpha value is -9.47. The van der Waals surface area contributed by atoms with E-state index in [0.717, 1.165) is 133 Å². The largest absolute Gasteiger partial charge is 0.500 e. The summed E-state index contributed by atoms with van der Waals surface area (Å²) in [7, 11) is -7.77. The summed E-state index contributed by atoms with van der Waals surface area (Å²) in [5.41, 5.74) is 17.6. The van der Waals surface area contributed by atoms with E-state index in [4.69, 9.17) is 13.3 Å². The zero-order valence-electron chi connectivity index (χ0n) is 71.6. The minimum Gasteiger partial charge on any atom is -0.500 e. The van der Waals surface area contributed by atoms with E-state index in [1.54, 1.807) is 0 Å². The Morgan fingerprint density at radius 3 is 0.850 bits per heavy atom. The van der Waals surface area contributed by atoms with Gasteiger partial charge in [-0.3, -0.25) is 0 Å². The number of furan rings is 3. The monoisotopic (exact) mass is 2210 g/mol. The molecule has 0 N–H and O–H groups in total. The van der Waals surface area contributed by atoms with E-state index in [-0.39, 0.29) is 60.3 Å². The molecule has 0 spiro atoms. The molecule has 18 rings (SSSR count). The second-order valence-electron chi connectivity index (χ2n) is 35.6. The number of pyridine rings is 6. The van der Waals surface area contributed by atoms with Crippen LogP contribution in [0, 0.1) is 36.4 Å². The van der Waals surface area contributed by atoms with Crippen molar-refractivity contribution >= 4 is 145 Å². The van der Waals surface area contributed by atoms with Crippen LogP contribution in [0.5, 0.6) is 0 Å². The normalized spacial score (nSPS) is 11.6. The summed E-state index contributed by atoms with van der Waals surface area (Å²) in [6.07, 6.45) is 11.8. The SMILES string of the molecule is C[Si](C)(C)c1ccc(-c2[c-]cc3oc4ccccc4c3c2)nc1.C[Si](C)(C)c1ccc(-c2[c-]cc3oc4ccccc4c3c2)nc1.C[Si](C)(C)c1ccc(-c2[c-]cc3oc4ccccc4c3c2)nc1.C[Si](C)(C)c1ccc(-c2[c-]cccc2)nc1.C[Si](C)(C)c1cccnc1-c1[c-]cccc1.C[Si](C)(C)c1ccnc(-c2[c-]cccc2)c1.[Ir].[Ir].[Ir]. The summed E-state index contributed by atoms with van der Waals surface area (Å²) in [6, 6.07) is 106. The molecular formula is C102H102Ir3N6O3Si6-6. The number of aromatic nitrogens is 6. The molecule has 18 aromatic rings. The van der Waals surface area contributed by atoms with Crippen LogP contribution in [-0.2, 0) is 60.3 Å². The molecule has 18 heteroatoms. The molecule has 0 bridgehead atoms. The second kappa shape index (κ2) is 40.0. The first-order chi connectivity index (χ1) is 55.8. The number of nitrogens with zero attached hydrogens (tertiary/aromatic N) is 6. The Kier molecular flexibility index (Phi) is 31.0. The Morgan fingerprint density at radius 1 is 0.225 bits per heavy atom. The van der Waals surface area contributed by atoms with E-state index in [1.807, 2.05) is 177 Å². The standard InChI is InChI=1S/3C20H18NOSi.3C14H16NSi.3Ir/c3*1-23(2,3)15-9-10-18(21-13-15)14-8-11-20-17(12-14)16-6-4-5-7-19(16)22-20;1-16(2,3)13-10-7-11-15-14(13)12-8-5-4-6-9-12;1-16(2,3)13-9-10-15-14(11-13)12-7-5-4-6-8-12;1-16(2,3)13-9-10-14(15-11-13)12-7-5-4-6-8-12;;;/h3*4-7,9-13H,1-3H3;4-8,10-11H,1-3H3;2*4-7,9-11H,1-3H3;;;/q6*-1;;;. The van der Waals surface area contributed by atoms with Crippen molar-refractivity contribution in [2.75, 3.05) is 0 Å². The van der Waals surface area contributed by atoms with Gasteiger partial charge in [-0.15, -0.1) is 179 Å². The molecule has 120 heavy (non-hydrogen) atoms. The average molecular weight is 2210 g/mol. The molecule has 3 radical (unpaired) electrons. The first-order valence-electron chi connectivity index (χ1n) is 40.0. The predicted molar refractivity (Wildman–Crippen MR) is 511 cm³/mol. The van der Waals surface area contributed by atoms with Gasteiger partial charge in [0.1, 0.15) is 16.7 Å². The number of hydrogen-bond acceptors (Lipinski definition) is 9. The summed E-state index contributed by atoms with van der Waals surface area (Å²) in [4.78, 5) is 27.4. The van der Waals surface area contributed by atoms with Gasteiger partial charge in [-0.25, -0.2) is 0 Å². The van der Waals surface area contributed by atoms with Crippen LogP contribution in [0.2, 0.25) is 118 Å². The molecule has 0 atom stereocenters. The third-order valence-corrected chi connectivity index (χ3v) is 32.6. The van der Waals surface area contributed by atoms with Crippen LogP contribution in [0.4, 0.5) is 0 Å². The molecule has 9 aromatic heterocycles. The fourth-order valence-electron chi connectivity index (χ4n) is 13.4. The van der Waals surface area contributed by atoms with Crippen molar-refractivity contribution in [2.24, 2.45) is 0 Å². The topological polar surface area (TPSA) is 117 Å². The van der Waals surface area contributed by atoms with E-state index >= 15 is 0 Å².